The molecule has 1 saturated carbocycles. The number of hydrogen-bond acceptors (Lipinski definition) is 5. The standard InChI is InChI=1S/C24H27F5N4O/c25-17-1-2-19(21(26)9-17)22-10-20(24(27,28)29)23(32-31-22)30-18-7-15-12-33(13-16(15)8-18)11-14-3-5-34-6-4-14/h1-2,9-10,14-16,18H,3-8,11-13H2,(H,30,32)/t15-,16+,18?. The summed E-state index contributed by atoms with van der Waals surface area (Å²) in [5.74, 6) is -0.587. The maximum atomic E-state index is 14.1. The highest BCUT2D eigenvalue weighted by molar-refractivity contribution is 5.63. The third kappa shape index (κ3) is 5.02. The van der Waals surface area contributed by atoms with Gasteiger partial charge in [0.25, 0.3) is 0 Å². The second-order valence-corrected chi connectivity index (χ2v) is 9.72. The molecule has 3 fully saturated rings. The molecule has 3 heterocycles. The Morgan fingerprint density at radius 2 is 1.71 bits per heavy atom. The van der Waals surface area contributed by atoms with Gasteiger partial charge < -0.3 is 15.0 Å². The number of likely N-dealkylation sites (tertiary alicyclic amines) is 1. The number of alkyl halides is 3. The minimum absolute atomic E-state index is 0.121. The first-order valence-corrected chi connectivity index (χ1v) is 11.7. The molecule has 1 aromatic heterocycles. The molecule has 3 atom stereocenters. The van der Waals surface area contributed by atoms with E-state index in [4.69, 9.17) is 4.74 Å². The predicted molar refractivity (Wildman–Crippen MR) is 116 cm³/mol. The van der Waals surface area contributed by atoms with Gasteiger partial charge >= 0.3 is 6.18 Å². The van der Waals surface area contributed by atoms with Crippen molar-refractivity contribution in [2.75, 3.05) is 38.2 Å². The zero-order valence-electron chi connectivity index (χ0n) is 18.6. The van der Waals surface area contributed by atoms with Gasteiger partial charge in [0.1, 0.15) is 17.2 Å². The van der Waals surface area contributed by atoms with Gasteiger partial charge in [0, 0.05) is 50.5 Å². The second-order valence-electron chi connectivity index (χ2n) is 9.72. The quantitative estimate of drug-likeness (QED) is 0.609. The van der Waals surface area contributed by atoms with Crippen molar-refractivity contribution in [2.24, 2.45) is 17.8 Å². The van der Waals surface area contributed by atoms with Gasteiger partial charge in [0.15, 0.2) is 5.82 Å². The Bertz CT molecular complexity index is 1010. The largest absolute Gasteiger partial charge is 0.420 e. The van der Waals surface area contributed by atoms with Crippen LogP contribution < -0.4 is 5.32 Å². The SMILES string of the molecule is Fc1ccc(-c2cc(C(F)(F)F)c(NC3C[C@@H]4CN(CC5CCOCC5)C[C@@H]4C3)nn2)c(F)c1. The van der Waals surface area contributed by atoms with Crippen molar-refractivity contribution in [1.29, 1.82) is 0 Å². The van der Waals surface area contributed by atoms with E-state index in [9.17, 15) is 22.0 Å². The highest BCUT2D eigenvalue weighted by atomic mass is 19.4. The molecule has 0 amide bonds. The monoisotopic (exact) mass is 482 g/mol. The molecule has 1 aliphatic carbocycles. The average molecular weight is 482 g/mol. The molecule has 5 rings (SSSR count). The average Bonchev–Trinajstić information content (AvgIpc) is 3.32. The van der Waals surface area contributed by atoms with E-state index in [1.54, 1.807) is 0 Å². The second kappa shape index (κ2) is 9.37. The zero-order valence-corrected chi connectivity index (χ0v) is 18.6. The summed E-state index contributed by atoms with van der Waals surface area (Å²) in [6, 6.07) is 3.30. The molecule has 10 heteroatoms. The van der Waals surface area contributed by atoms with Crippen molar-refractivity contribution in [3.05, 3.63) is 41.5 Å². The van der Waals surface area contributed by atoms with Gasteiger partial charge in [-0.15, -0.1) is 10.2 Å². The predicted octanol–water partition coefficient (Wildman–Crippen LogP) is 4.99. The molecule has 0 spiro atoms. The molecule has 2 saturated heterocycles. The fourth-order valence-electron chi connectivity index (χ4n) is 5.69. The van der Waals surface area contributed by atoms with Crippen LogP contribution in [0.5, 0.6) is 0 Å². The zero-order chi connectivity index (χ0) is 23.9. The van der Waals surface area contributed by atoms with Gasteiger partial charge in [-0.05, 0) is 61.6 Å². The lowest BCUT2D eigenvalue weighted by Gasteiger charge is -2.28. The van der Waals surface area contributed by atoms with E-state index in [2.05, 4.69) is 20.4 Å². The molecule has 184 valence electrons. The van der Waals surface area contributed by atoms with Crippen LogP contribution >= 0.6 is 0 Å². The number of hydrogen-bond donors (Lipinski definition) is 1. The first-order valence-electron chi connectivity index (χ1n) is 11.7. The van der Waals surface area contributed by atoms with E-state index in [1.807, 2.05) is 0 Å². The van der Waals surface area contributed by atoms with E-state index in [-0.39, 0.29) is 23.1 Å². The highest BCUT2D eigenvalue weighted by Gasteiger charge is 2.43. The molecule has 0 radical (unpaired) electrons. The first-order chi connectivity index (χ1) is 16.3. The summed E-state index contributed by atoms with van der Waals surface area (Å²) in [6.45, 7) is 4.67. The molecular weight excluding hydrogens is 455 g/mol. The normalized spacial score (nSPS) is 26.1. The summed E-state index contributed by atoms with van der Waals surface area (Å²) in [5.41, 5.74) is -1.52. The van der Waals surface area contributed by atoms with Gasteiger partial charge in [-0.25, -0.2) is 8.78 Å². The molecule has 2 aliphatic heterocycles. The number of nitrogens with one attached hydrogen (secondary N) is 1. The third-order valence-electron chi connectivity index (χ3n) is 7.33. The van der Waals surface area contributed by atoms with Crippen LogP contribution in [0, 0.1) is 29.4 Å². The smallest absolute Gasteiger partial charge is 0.381 e. The lowest BCUT2D eigenvalue weighted by molar-refractivity contribution is -0.137. The minimum atomic E-state index is -4.70. The summed E-state index contributed by atoms with van der Waals surface area (Å²) in [5, 5.41) is 10.5. The first kappa shape index (κ1) is 23.4. The van der Waals surface area contributed by atoms with Crippen molar-refractivity contribution >= 4 is 5.82 Å². The summed E-state index contributed by atoms with van der Waals surface area (Å²) < 4.78 is 74.1. The van der Waals surface area contributed by atoms with Gasteiger partial charge in [0.05, 0.1) is 5.69 Å². The molecule has 3 aliphatic rings. The summed E-state index contributed by atoms with van der Waals surface area (Å²) in [7, 11) is 0. The number of nitrogens with zero attached hydrogens (tertiary/aromatic N) is 3. The van der Waals surface area contributed by atoms with E-state index in [0.717, 1.165) is 76.7 Å². The van der Waals surface area contributed by atoms with Crippen molar-refractivity contribution in [1.82, 2.24) is 15.1 Å². The Kier molecular flexibility index (Phi) is 6.45. The molecule has 0 bridgehead atoms. The maximum absolute atomic E-state index is 14.1. The number of fused-ring (bicyclic) bond motifs is 1. The van der Waals surface area contributed by atoms with Crippen LogP contribution in [0.1, 0.15) is 31.2 Å². The molecule has 34 heavy (non-hydrogen) atoms. The number of benzene rings is 1. The third-order valence-corrected chi connectivity index (χ3v) is 7.33. The fourth-order valence-corrected chi connectivity index (χ4v) is 5.69. The van der Waals surface area contributed by atoms with Crippen molar-refractivity contribution in [3.63, 3.8) is 0 Å². The lowest BCUT2D eigenvalue weighted by Crippen LogP contribution is -2.32. The molecule has 1 N–H and O–H groups in total. The number of ether oxygens (including phenoxy) is 1. The van der Waals surface area contributed by atoms with Crippen molar-refractivity contribution in [2.45, 2.75) is 37.9 Å². The summed E-state index contributed by atoms with van der Waals surface area (Å²) >= 11 is 0. The van der Waals surface area contributed by atoms with Gasteiger partial charge in [0.2, 0.25) is 0 Å². The van der Waals surface area contributed by atoms with Crippen LogP contribution in [0.25, 0.3) is 11.3 Å². The molecular formula is C24H27F5N4O. The number of halogens is 5. The van der Waals surface area contributed by atoms with Crippen LogP contribution in [0.2, 0.25) is 0 Å². The van der Waals surface area contributed by atoms with E-state index in [0.29, 0.717) is 23.8 Å². The van der Waals surface area contributed by atoms with Gasteiger partial charge in [-0.3, -0.25) is 0 Å². The van der Waals surface area contributed by atoms with E-state index in [1.165, 1.54) is 0 Å². The van der Waals surface area contributed by atoms with Crippen LogP contribution in [0.15, 0.2) is 24.3 Å². The van der Waals surface area contributed by atoms with Crippen molar-refractivity contribution < 1.29 is 26.7 Å². The Morgan fingerprint density at radius 1 is 1.00 bits per heavy atom. The summed E-state index contributed by atoms with van der Waals surface area (Å²) in [4.78, 5) is 2.49. The Morgan fingerprint density at radius 3 is 2.35 bits per heavy atom. The highest BCUT2D eigenvalue weighted by Crippen LogP contribution is 2.42. The van der Waals surface area contributed by atoms with Crippen LogP contribution in [0.3, 0.4) is 0 Å². The Labute approximate surface area is 194 Å². The molecule has 1 unspecified atom stereocenters. The fraction of sp³-hybridized carbons (Fsp3) is 0.583. The Balaban J connectivity index is 1.26. The van der Waals surface area contributed by atoms with Gasteiger partial charge in [-0.1, -0.05) is 0 Å². The lowest BCUT2D eigenvalue weighted by atomic mass is 10.00. The van der Waals surface area contributed by atoms with Crippen molar-refractivity contribution in [3.8, 4) is 11.3 Å². The van der Waals surface area contributed by atoms with Crippen LogP contribution in [0.4, 0.5) is 27.8 Å². The van der Waals surface area contributed by atoms with Crippen LogP contribution in [-0.4, -0.2) is 54.0 Å². The number of anilines is 1. The van der Waals surface area contributed by atoms with E-state index < -0.39 is 23.4 Å². The van der Waals surface area contributed by atoms with Crippen LogP contribution in [-0.2, 0) is 10.9 Å². The molecule has 2 aromatic rings. The Hall–Kier alpha value is -2.33. The van der Waals surface area contributed by atoms with E-state index >= 15 is 0 Å². The topological polar surface area (TPSA) is 50.3 Å². The maximum Gasteiger partial charge on any atom is 0.420 e. The van der Waals surface area contributed by atoms with Gasteiger partial charge in [-0.2, -0.15) is 13.2 Å². The molecule has 5 nitrogen and oxygen atoms in total. The number of aromatic nitrogens is 2. The minimum Gasteiger partial charge on any atom is -0.381 e. The number of rotatable bonds is 5. The molecule has 1 aromatic carbocycles. The summed E-state index contributed by atoms with van der Waals surface area (Å²) in [6.07, 6.45) is -0.956.